The van der Waals surface area contributed by atoms with E-state index < -0.39 is 0 Å². The summed E-state index contributed by atoms with van der Waals surface area (Å²) >= 11 is 0. The molecule has 0 aliphatic carbocycles. The number of rotatable bonds is 4. The highest BCUT2D eigenvalue weighted by Gasteiger charge is 2.23. The van der Waals surface area contributed by atoms with Crippen LogP contribution in [-0.4, -0.2) is 18.2 Å². The van der Waals surface area contributed by atoms with E-state index in [1.165, 1.54) is 18.5 Å². The van der Waals surface area contributed by atoms with Gasteiger partial charge in [0, 0.05) is 24.3 Å². The number of para-hydroxylation sites is 1. The van der Waals surface area contributed by atoms with Gasteiger partial charge in [-0.25, -0.2) is 0 Å². The van der Waals surface area contributed by atoms with Gasteiger partial charge < -0.3 is 10.0 Å². The van der Waals surface area contributed by atoms with Crippen molar-refractivity contribution in [2.45, 2.75) is 39.2 Å². The van der Waals surface area contributed by atoms with Crippen molar-refractivity contribution in [3.63, 3.8) is 0 Å². The lowest BCUT2D eigenvalue weighted by Gasteiger charge is -2.24. The Morgan fingerprint density at radius 3 is 2.76 bits per heavy atom. The molecular formula is C15H23NO. The Labute approximate surface area is 104 Å². The Bertz CT molecular complexity index is 364. The van der Waals surface area contributed by atoms with Crippen LogP contribution in [0, 0.1) is 5.92 Å². The zero-order chi connectivity index (χ0) is 12.3. The normalized spacial score (nSPS) is 21.8. The lowest BCUT2D eigenvalue weighted by atomic mass is 10.0. The maximum Gasteiger partial charge on any atom is 0.0807 e. The van der Waals surface area contributed by atoms with Crippen LogP contribution in [0.15, 0.2) is 24.3 Å². The first-order chi connectivity index (χ1) is 8.26. The molecular weight excluding hydrogens is 210 g/mol. The van der Waals surface area contributed by atoms with Crippen molar-refractivity contribution in [2.75, 3.05) is 18.0 Å². The van der Waals surface area contributed by atoms with E-state index in [1.54, 1.807) is 0 Å². The number of anilines is 1. The number of aliphatic hydroxyl groups is 1. The molecule has 17 heavy (non-hydrogen) atoms. The lowest BCUT2D eigenvalue weighted by Crippen LogP contribution is -2.21. The summed E-state index contributed by atoms with van der Waals surface area (Å²) in [4.78, 5) is 2.43. The van der Waals surface area contributed by atoms with Gasteiger partial charge in [-0.3, -0.25) is 0 Å². The summed E-state index contributed by atoms with van der Waals surface area (Å²) in [7, 11) is 0. The van der Waals surface area contributed by atoms with Crippen LogP contribution >= 0.6 is 0 Å². The molecule has 0 saturated carbocycles. The molecule has 1 heterocycles. The van der Waals surface area contributed by atoms with E-state index >= 15 is 0 Å². The predicted octanol–water partition coefficient (Wildman–Crippen LogP) is 3.37. The van der Waals surface area contributed by atoms with Crippen LogP contribution in [0.5, 0.6) is 0 Å². The van der Waals surface area contributed by atoms with Crippen molar-refractivity contribution in [3.8, 4) is 0 Å². The third-order valence-electron chi connectivity index (χ3n) is 3.89. The van der Waals surface area contributed by atoms with Crippen molar-refractivity contribution >= 4 is 5.69 Å². The molecule has 0 aromatic heterocycles. The monoisotopic (exact) mass is 233 g/mol. The van der Waals surface area contributed by atoms with E-state index in [-0.39, 0.29) is 6.10 Å². The first kappa shape index (κ1) is 12.4. The summed E-state index contributed by atoms with van der Waals surface area (Å²) in [6.07, 6.45) is 3.00. The second-order valence-corrected chi connectivity index (χ2v) is 4.99. The first-order valence-electron chi connectivity index (χ1n) is 6.78. The van der Waals surface area contributed by atoms with Crippen LogP contribution < -0.4 is 4.90 Å². The zero-order valence-electron chi connectivity index (χ0n) is 10.9. The Kier molecular flexibility index (Phi) is 4.06. The standard InChI is InChI=1S/C15H23NO/c1-3-12-9-10-16(11-12)14-8-6-5-7-13(14)15(17)4-2/h5-8,12,15,17H,3-4,9-11H2,1-2H3/t12?,15-/m0/s1. The quantitative estimate of drug-likeness (QED) is 0.862. The lowest BCUT2D eigenvalue weighted by molar-refractivity contribution is 0.174. The molecule has 1 unspecified atom stereocenters. The van der Waals surface area contributed by atoms with Crippen molar-refractivity contribution in [1.82, 2.24) is 0 Å². The smallest absolute Gasteiger partial charge is 0.0807 e. The minimum absolute atomic E-state index is 0.327. The van der Waals surface area contributed by atoms with Gasteiger partial charge in [-0.1, -0.05) is 38.5 Å². The van der Waals surface area contributed by atoms with Crippen LogP contribution in [0.3, 0.4) is 0 Å². The van der Waals surface area contributed by atoms with E-state index in [9.17, 15) is 5.11 Å². The van der Waals surface area contributed by atoms with Crippen molar-refractivity contribution in [1.29, 1.82) is 0 Å². The van der Waals surface area contributed by atoms with Gasteiger partial charge in [0.1, 0.15) is 0 Å². The molecule has 2 nitrogen and oxygen atoms in total. The fourth-order valence-corrected chi connectivity index (χ4v) is 2.66. The minimum atomic E-state index is -0.327. The molecule has 2 heteroatoms. The maximum atomic E-state index is 10.1. The van der Waals surface area contributed by atoms with E-state index in [0.717, 1.165) is 31.0 Å². The number of benzene rings is 1. The molecule has 1 N–H and O–H groups in total. The molecule has 0 bridgehead atoms. The fraction of sp³-hybridized carbons (Fsp3) is 0.600. The summed E-state index contributed by atoms with van der Waals surface area (Å²) in [6, 6.07) is 8.29. The molecule has 1 aliphatic rings. The maximum absolute atomic E-state index is 10.1. The third-order valence-corrected chi connectivity index (χ3v) is 3.89. The summed E-state index contributed by atoms with van der Waals surface area (Å²) in [6.45, 7) is 6.57. The van der Waals surface area contributed by atoms with Crippen LogP contribution in [0.2, 0.25) is 0 Å². The Hall–Kier alpha value is -1.02. The Morgan fingerprint density at radius 1 is 1.35 bits per heavy atom. The van der Waals surface area contributed by atoms with Crippen molar-refractivity contribution < 1.29 is 5.11 Å². The van der Waals surface area contributed by atoms with Gasteiger partial charge in [-0.2, -0.15) is 0 Å². The number of nitrogens with zero attached hydrogens (tertiary/aromatic N) is 1. The number of hydrogen-bond acceptors (Lipinski definition) is 2. The molecule has 0 radical (unpaired) electrons. The summed E-state index contributed by atoms with van der Waals surface area (Å²) in [5.74, 6) is 0.821. The van der Waals surface area contributed by atoms with Crippen molar-refractivity contribution in [2.24, 2.45) is 5.92 Å². The SMILES string of the molecule is CCC1CCN(c2ccccc2[C@@H](O)CC)C1. The second kappa shape index (κ2) is 5.54. The van der Waals surface area contributed by atoms with Gasteiger partial charge in [0.25, 0.3) is 0 Å². The topological polar surface area (TPSA) is 23.5 Å². The summed E-state index contributed by atoms with van der Waals surface area (Å²) in [5.41, 5.74) is 2.32. The van der Waals surface area contributed by atoms with Crippen LogP contribution in [0.4, 0.5) is 5.69 Å². The van der Waals surface area contributed by atoms with E-state index in [4.69, 9.17) is 0 Å². The van der Waals surface area contributed by atoms with Gasteiger partial charge in [0.05, 0.1) is 6.10 Å². The third kappa shape index (κ3) is 2.63. The van der Waals surface area contributed by atoms with Gasteiger partial charge in [-0.15, -0.1) is 0 Å². The molecule has 0 amide bonds. The average Bonchev–Trinajstić information content (AvgIpc) is 2.86. The fourth-order valence-electron chi connectivity index (χ4n) is 2.66. The largest absolute Gasteiger partial charge is 0.388 e. The minimum Gasteiger partial charge on any atom is -0.388 e. The van der Waals surface area contributed by atoms with E-state index in [1.807, 2.05) is 13.0 Å². The van der Waals surface area contributed by atoms with E-state index in [0.29, 0.717) is 0 Å². The molecule has 0 spiro atoms. The second-order valence-electron chi connectivity index (χ2n) is 4.99. The number of aliphatic hydroxyl groups excluding tert-OH is 1. The van der Waals surface area contributed by atoms with Crippen LogP contribution in [0.1, 0.15) is 44.8 Å². The molecule has 2 rings (SSSR count). The van der Waals surface area contributed by atoms with Gasteiger partial charge in [0.15, 0.2) is 0 Å². The molecule has 2 atom stereocenters. The first-order valence-corrected chi connectivity index (χ1v) is 6.78. The summed E-state index contributed by atoms with van der Waals surface area (Å²) in [5, 5.41) is 10.1. The van der Waals surface area contributed by atoms with Crippen LogP contribution in [0.25, 0.3) is 0 Å². The van der Waals surface area contributed by atoms with Crippen molar-refractivity contribution in [3.05, 3.63) is 29.8 Å². The molecule has 1 fully saturated rings. The highest BCUT2D eigenvalue weighted by atomic mass is 16.3. The van der Waals surface area contributed by atoms with Gasteiger partial charge in [-0.05, 0) is 24.8 Å². The van der Waals surface area contributed by atoms with Crippen LogP contribution in [-0.2, 0) is 0 Å². The number of hydrogen-bond donors (Lipinski definition) is 1. The molecule has 1 saturated heterocycles. The predicted molar refractivity (Wildman–Crippen MR) is 72.3 cm³/mol. The zero-order valence-corrected chi connectivity index (χ0v) is 10.9. The molecule has 94 valence electrons. The highest BCUT2D eigenvalue weighted by molar-refractivity contribution is 5.55. The average molecular weight is 233 g/mol. The van der Waals surface area contributed by atoms with Gasteiger partial charge >= 0.3 is 0 Å². The molecule has 1 aliphatic heterocycles. The highest BCUT2D eigenvalue weighted by Crippen LogP contribution is 2.32. The Balaban J connectivity index is 2.20. The summed E-state index contributed by atoms with van der Waals surface area (Å²) < 4.78 is 0. The molecule has 1 aromatic carbocycles. The molecule has 1 aromatic rings. The van der Waals surface area contributed by atoms with Gasteiger partial charge in [0.2, 0.25) is 0 Å². The van der Waals surface area contributed by atoms with E-state index in [2.05, 4.69) is 30.0 Å². The Morgan fingerprint density at radius 2 is 2.12 bits per heavy atom.